The molecule has 0 aliphatic carbocycles. The Labute approximate surface area is 122 Å². The maximum atomic E-state index is 12.4. The minimum atomic E-state index is 0.00286. The standard InChI is InChI=1S/C15H26N4O/c1-3-14(12-16)17-8-10-19(11-9-17)15(20)18-6-4-13(2)5-7-18/h13-14H,3-11H2,1-2H3. The number of piperidine rings is 1. The molecule has 2 rings (SSSR count). The van der Waals surface area contributed by atoms with Crippen molar-refractivity contribution in [3.05, 3.63) is 0 Å². The molecule has 2 saturated heterocycles. The number of amides is 2. The van der Waals surface area contributed by atoms with Crippen molar-refractivity contribution in [2.45, 2.75) is 39.2 Å². The van der Waals surface area contributed by atoms with Crippen LogP contribution < -0.4 is 0 Å². The number of nitriles is 1. The second-order valence-corrected chi connectivity index (χ2v) is 6.03. The normalized spacial score (nSPS) is 23.4. The number of urea groups is 1. The third-order valence-electron chi connectivity index (χ3n) is 4.62. The van der Waals surface area contributed by atoms with Gasteiger partial charge in [-0.3, -0.25) is 4.90 Å². The molecule has 112 valence electrons. The molecule has 0 aromatic carbocycles. The molecule has 0 radical (unpaired) electrons. The van der Waals surface area contributed by atoms with E-state index in [-0.39, 0.29) is 12.1 Å². The second kappa shape index (κ2) is 6.94. The van der Waals surface area contributed by atoms with E-state index >= 15 is 0 Å². The van der Waals surface area contributed by atoms with E-state index in [1.807, 2.05) is 16.7 Å². The van der Waals surface area contributed by atoms with Crippen molar-refractivity contribution in [2.24, 2.45) is 5.92 Å². The molecule has 2 aliphatic heterocycles. The van der Waals surface area contributed by atoms with Gasteiger partial charge in [-0.25, -0.2) is 4.79 Å². The molecule has 2 aliphatic rings. The molecule has 0 saturated carbocycles. The van der Waals surface area contributed by atoms with E-state index in [0.717, 1.165) is 64.4 Å². The Morgan fingerprint density at radius 3 is 2.20 bits per heavy atom. The molecule has 0 aromatic heterocycles. The summed E-state index contributed by atoms with van der Waals surface area (Å²) in [6, 6.07) is 2.54. The van der Waals surface area contributed by atoms with Crippen LogP contribution >= 0.6 is 0 Å². The molecular weight excluding hydrogens is 252 g/mol. The number of rotatable bonds is 2. The Bertz CT molecular complexity index is 363. The summed E-state index contributed by atoms with van der Waals surface area (Å²) in [6.45, 7) is 9.25. The van der Waals surface area contributed by atoms with Gasteiger partial charge in [0.1, 0.15) is 0 Å². The van der Waals surface area contributed by atoms with E-state index in [1.165, 1.54) is 0 Å². The van der Waals surface area contributed by atoms with Crippen molar-refractivity contribution >= 4 is 6.03 Å². The van der Waals surface area contributed by atoms with Gasteiger partial charge >= 0.3 is 6.03 Å². The second-order valence-electron chi connectivity index (χ2n) is 6.03. The predicted octanol–water partition coefficient (Wildman–Crippen LogP) is 1.76. The largest absolute Gasteiger partial charge is 0.325 e. The average Bonchev–Trinajstić information content (AvgIpc) is 2.49. The van der Waals surface area contributed by atoms with E-state index < -0.39 is 0 Å². The lowest BCUT2D eigenvalue weighted by molar-refractivity contribution is 0.0933. The monoisotopic (exact) mass is 278 g/mol. The number of likely N-dealkylation sites (tertiary alicyclic amines) is 1. The van der Waals surface area contributed by atoms with Gasteiger partial charge in [0.05, 0.1) is 12.1 Å². The van der Waals surface area contributed by atoms with Crippen LogP contribution in [0.1, 0.15) is 33.1 Å². The SMILES string of the molecule is CCC(C#N)N1CCN(C(=O)N2CCC(C)CC2)CC1. The predicted molar refractivity (Wildman–Crippen MR) is 78.2 cm³/mol. The highest BCUT2D eigenvalue weighted by molar-refractivity contribution is 5.74. The molecule has 5 nitrogen and oxygen atoms in total. The van der Waals surface area contributed by atoms with Crippen LogP contribution in [0.5, 0.6) is 0 Å². The number of carbonyl (C=O) groups is 1. The minimum Gasteiger partial charge on any atom is -0.325 e. The van der Waals surface area contributed by atoms with Crippen molar-refractivity contribution < 1.29 is 4.79 Å². The quantitative estimate of drug-likeness (QED) is 0.773. The zero-order valence-electron chi connectivity index (χ0n) is 12.7. The Kier molecular flexibility index (Phi) is 5.24. The number of hydrogen-bond donors (Lipinski definition) is 0. The van der Waals surface area contributed by atoms with Crippen molar-refractivity contribution in [1.82, 2.24) is 14.7 Å². The molecule has 1 atom stereocenters. The third-order valence-corrected chi connectivity index (χ3v) is 4.62. The first kappa shape index (κ1) is 15.1. The summed E-state index contributed by atoms with van der Waals surface area (Å²) in [5.41, 5.74) is 0. The first-order valence-corrected chi connectivity index (χ1v) is 7.83. The summed E-state index contributed by atoms with van der Waals surface area (Å²) in [7, 11) is 0. The van der Waals surface area contributed by atoms with E-state index in [4.69, 9.17) is 5.26 Å². The molecule has 0 spiro atoms. The van der Waals surface area contributed by atoms with Crippen LogP contribution in [0.3, 0.4) is 0 Å². The van der Waals surface area contributed by atoms with Crippen LogP contribution in [0.4, 0.5) is 4.79 Å². The van der Waals surface area contributed by atoms with Crippen molar-refractivity contribution in [3.63, 3.8) is 0 Å². The highest BCUT2D eigenvalue weighted by Gasteiger charge is 2.29. The van der Waals surface area contributed by atoms with Gasteiger partial charge in [0, 0.05) is 39.3 Å². The number of hydrogen-bond acceptors (Lipinski definition) is 3. The van der Waals surface area contributed by atoms with E-state index in [2.05, 4.69) is 17.9 Å². The molecule has 20 heavy (non-hydrogen) atoms. The first-order chi connectivity index (χ1) is 9.65. The van der Waals surface area contributed by atoms with Gasteiger partial charge in [-0.1, -0.05) is 13.8 Å². The molecule has 2 fully saturated rings. The molecule has 2 heterocycles. The maximum absolute atomic E-state index is 12.4. The zero-order valence-corrected chi connectivity index (χ0v) is 12.7. The van der Waals surface area contributed by atoms with Crippen molar-refractivity contribution in [1.29, 1.82) is 5.26 Å². The highest BCUT2D eigenvalue weighted by atomic mass is 16.2. The molecule has 5 heteroatoms. The molecule has 0 bridgehead atoms. The Morgan fingerprint density at radius 2 is 1.70 bits per heavy atom. The molecular formula is C15H26N4O. The van der Waals surface area contributed by atoms with Crippen LogP contribution in [-0.4, -0.2) is 66.0 Å². The van der Waals surface area contributed by atoms with E-state index in [9.17, 15) is 4.79 Å². The first-order valence-electron chi connectivity index (χ1n) is 7.83. The van der Waals surface area contributed by atoms with Crippen molar-refractivity contribution in [3.8, 4) is 6.07 Å². The topological polar surface area (TPSA) is 50.6 Å². The third kappa shape index (κ3) is 3.43. The van der Waals surface area contributed by atoms with Crippen LogP contribution in [0.2, 0.25) is 0 Å². The fraction of sp³-hybridized carbons (Fsp3) is 0.867. The fourth-order valence-electron chi connectivity index (χ4n) is 3.06. The maximum Gasteiger partial charge on any atom is 0.320 e. The summed E-state index contributed by atoms with van der Waals surface area (Å²) >= 11 is 0. The lowest BCUT2D eigenvalue weighted by Crippen LogP contribution is -2.55. The highest BCUT2D eigenvalue weighted by Crippen LogP contribution is 2.18. The van der Waals surface area contributed by atoms with Crippen LogP contribution in [-0.2, 0) is 0 Å². The van der Waals surface area contributed by atoms with Crippen LogP contribution in [0.15, 0.2) is 0 Å². The lowest BCUT2D eigenvalue weighted by atomic mass is 9.99. The molecule has 0 N–H and O–H groups in total. The molecule has 2 amide bonds. The summed E-state index contributed by atoms with van der Waals surface area (Å²) in [5, 5.41) is 9.10. The summed E-state index contributed by atoms with van der Waals surface area (Å²) in [4.78, 5) is 18.6. The Morgan fingerprint density at radius 1 is 1.15 bits per heavy atom. The Hall–Kier alpha value is -1.28. The average molecular weight is 278 g/mol. The van der Waals surface area contributed by atoms with Crippen molar-refractivity contribution in [2.75, 3.05) is 39.3 Å². The summed E-state index contributed by atoms with van der Waals surface area (Å²) in [5.74, 6) is 0.747. The summed E-state index contributed by atoms with van der Waals surface area (Å²) in [6.07, 6.45) is 3.10. The van der Waals surface area contributed by atoms with Gasteiger partial charge in [0.2, 0.25) is 0 Å². The fourth-order valence-corrected chi connectivity index (χ4v) is 3.06. The smallest absolute Gasteiger partial charge is 0.320 e. The van der Waals surface area contributed by atoms with Gasteiger partial charge < -0.3 is 9.80 Å². The Balaban J connectivity index is 1.81. The number of piperazine rings is 1. The minimum absolute atomic E-state index is 0.00286. The van der Waals surface area contributed by atoms with E-state index in [1.54, 1.807) is 0 Å². The van der Waals surface area contributed by atoms with Gasteiger partial charge in [-0.15, -0.1) is 0 Å². The molecule has 0 aromatic rings. The summed E-state index contributed by atoms with van der Waals surface area (Å²) < 4.78 is 0. The zero-order chi connectivity index (χ0) is 14.5. The number of carbonyl (C=O) groups excluding carboxylic acids is 1. The molecule has 1 unspecified atom stereocenters. The van der Waals surface area contributed by atoms with Gasteiger partial charge in [-0.2, -0.15) is 5.26 Å². The number of nitrogens with zero attached hydrogens (tertiary/aromatic N) is 4. The van der Waals surface area contributed by atoms with Gasteiger partial charge in [0.15, 0.2) is 0 Å². The lowest BCUT2D eigenvalue weighted by Gasteiger charge is -2.40. The van der Waals surface area contributed by atoms with Gasteiger partial charge in [-0.05, 0) is 25.2 Å². The van der Waals surface area contributed by atoms with Crippen LogP contribution in [0, 0.1) is 17.2 Å². The van der Waals surface area contributed by atoms with Crippen LogP contribution in [0.25, 0.3) is 0 Å². The van der Waals surface area contributed by atoms with E-state index in [0.29, 0.717) is 0 Å². The van der Waals surface area contributed by atoms with Gasteiger partial charge in [0.25, 0.3) is 0 Å².